The molecule has 0 saturated carbocycles. The van der Waals surface area contributed by atoms with E-state index in [0.29, 0.717) is 56.1 Å². The van der Waals surface area contributed by atoms with E-state index in [-0.39, 0.29) is 47.5 Å². The third kappa shape index (κ3) is 7.30. The van der Waals surface area contributed by atoms with Gasteiger partial charge in [0.2, 0.25) is 0 Å². The quantitative estimate of drug-likeness (QED) is 0.245. The van der Waals surface area contributed by atoms with Gasteiger partial charge >= 0.3 is 18.0 Å². The minimum Gasteiger partial charge on any atom is -0.436 e. The van der Waals surface area contributed by atoms with Crippen LogP contribution in [0.3, 0.4) is 0 Å². The van der Waals surface area contributed by atoms with Crippen molar-refractivity contribution in [2.24, 2.45) is 0 Å². The number of piperidine rings is 2. The lowest BCUT2D eigenvalue weighted by Gasteiger charge is -2.41. The molecule has 3 aliphatic rings. The largest absolute Gasteiger partial charge is 0.436 e. The molecule has 2 amide bonds. The van der Waals surface area contributed by atoms with Crippen LogP contribution in [0.15, 0.2) is 47.4 Å². The fraction of sp³-hybridized carbons (Fsp3) is 0.500. The highest BCUT2D eigenvalue weighted by atomic mass is 35.5. The van der Waals surface area contributed by atoms with E-state index in [1.54, 1.807) is 15.7 Å². The molecule has 52 heavy (non-hydrogen) atoms. The lowest BCUT2D eigenvalue weighted by Crippen LogP contribution is -2.56. The number of fused-ring (bicyclic) bond motifs is 3. The number of carbonyl (C=O) groups is 2. The SMILES string of the molecule is CNc1c(Cl)cc(C[C@@H](OC(=O)N2CCC(n3c(=O)[nH]c4c5ccccc5ncc43)CC2)C(=O)N2CCN(C3CCNCC3)CC2)cc1C(F)(F)F. The molecule has 0 spiro atoms. The number of imidazole rings is 1. The number of nitrogens with zero attached hydrogens (tertiary/aromatic N) is 5. The van der Waals surface area contributed by atoms with Crippen molar-refractivity contribution in [1.29, 1.82) is 0 Å². The van der Waals surface area contributed by atoms with Crippen LogP contribution in [0, 0.1) is 0 Å². The average molecular weight is 743 g/mol. The molecule has 3 fully saturated rings. The second-order valence-corrected chi connectivity index (χ2v) is 14.1. The lowest BCUT2D eigenvalue weighted by molar-refractivity contribution is -0.143. The molecule has 0 bridgehead atoms. The molecule has 1 atom stereocenters. The van der Waals surface area contributed by atoms with Gasteiger partial charge in [-0.1, -0.05) is 29.8 Å². The second kappa shape index (κ2) is 15.0. The zero-order valence-corrected chi connectivity index (χ0v) is 29.6. The fourth-order valence-corrected chi connectivity index (χ4v) is 8.26. The first-order valence-corrected chi connectivity index (χ1v) is 18.1. The van der Waals surface area contributed by atoms with Gasteiger partial charge in [0.05, 0.1) is 39.0 Å². The number of hydrogen-bond acceptors (Lipinski definition) is 8. The van der Waals surface area contributed by atoms with Gasteiger partial charge in [0, 0.05) is 70.2 Å². The Kier molecular flexibility index (Phi) is 10.4. The molecule has 2 aromatic carbocycles. The van der Waals surface area contributed by atoms with Crippen LogP contribution in [0.4, 0.5) is 23.7 Å². The Labute approximate surface area is 303 Å². The molecule has 3 saturated heterocycles. The fourth-order valence-electron chi connectivity index (χ4n) is 7.92. The summed E-state index contributed by atoms with van der Waals surface area (Å²) in [6.45, 7) is 4.54. The van der Waals surface area contributed by atoms with Crippen LogP contribution in [0.2, 0.25) is 5.02 Å². The number of aromatic amines is 1. The molecule has 2 aromatic heterocycles. The Morgan fingerprint density at radius 2 is 1.71 bits per heavy atom. The highest BCUT2D eigenvalue weighted by molar-refractivity contribution is 6.33. The van der Waals surface area contributed by atoms with E-state index in [4.69, 9.17) is 16.3 Å². The number of ether oxygens (including phenoxy) is 1. The maximum Gasteiger partial charge on any atom is 0.418 e. The van der Waals surface area contributed by atoms with Gasteiger partial charge in [-0.3, -0.25) is 19.2 Å². The van der Waals surface area contributed by atoms with Crippen molar-refractivity contribution in [1.82, 2.24) is 34.6 Å². The molecule has 16 heteroatoms. The topological polar surface area (TPSA) is 128 Å². The van der Waals surface area contributed by atoms with E-state index >= 15 is 0 Å². The number of piperazine rings is 1. The summed E-state index contributed by atoms with van der Waals surface area (Å²) in [6, 6.07) is 10.1. The zero-order valence-electron chi connectivity index (χ0n) is 28.8. The van der Waals surface area contributed by atoms with E-state index < -0.39 is 29.8 Å². The normalized spacial score (nSPS) is 18.9. The second-order valence-electron chi connectivity index (χ2n) is 13.7. The van der Waals surface area contributed by atoms with Crippen molar-refractivity contribution in [3.8, 4) is 0 Å². The number of anilines is 1. The predicted molar refractivity (Wildman–Crippen MR) is 192 cm³/mol. The summed E-state index contributed by atoms with van der Waals surface area (Å²) in [7, 11) is 1.35. The number of nitrogens with one attached hydrogen (secondary N) is 3. The number of rotatable bonds is 7. The number of halogens is 4. The number of H-pyrrole nitrogens is 1. The van der Waals surface area contributed by atoms with Crippen LogP contribution in [0.25, 0.3) is 21.9 Å². The Morgan fingerprint density at radius 3 is 2.40 bits per heavy atom. The Bertz CT molecular complexity index is 2000. The number of pyridine rings is 1. The minimum atomic E-state index is -4.71. The standard InChI is InChI=1S/C36H42ClF3N8O4/c1-41-32-26(36(38,39)40)18-22(19-27(32)37)20-30(33(49)46-16-14-45(15-17-46)23-6-10-42-11-7-23)52-35(51)47-12-8-24(9-13-47)48-29-21-43-28-5-3-2-4-25(28)31(29)44-34(48)50/h2-5,18-19,21,23-24,30,41-42H,6-17,20H2,1H3,(H,44,50)/t30-/m1/s1. The molecular formula is C36H42ClF3N8O4. The summed E-state index contributed by atoms with van der Waals surface area (Å²) in [5.74, 6) is -0.458. The van der Waals surface area contributed by atoms with Gasteiger partial charge in [-0.05, 0) is 62.5 Å². The first-order chi connectivity index (χ1) is 25.0. The lowest BCUT2D eigenvalue weighted by atomic mass is 10.0. The molecule has 4 aromatic rings. The van der Waals surface area contributed by atoms with Crippen LogP contribution in [0.1, 0.15) is 42.9 Å². The first kappa shape index (κ1) is 36.0. The number of likely N-dealkylation sites (tertiary alicyclic amines) is 1. The van der Waals surface area contributed by atoms with Crippen molar-refractivity contribution >= 4 is 51.2 Å². The van der Waals surface area contributed by atoms with Gasteiger partial charge in [0.15, 0.2) is 6.10 Å². The van der Waals surface area contributed by atoms with Crippen molar-refractivity contribution in [2.45, 2.75) is 56.5 Å². The molecule has 0 unspecified atom stereocenters. The highest BCUT2D eigenvalue weighted by Gasteiger charge is 2.38. The van der Waals surface area contributed by atoms with Crippen molar-refractivity contribution < 1.29 is 27.5 Å². The van der Waals surface area contributed by atoms with E-state index in [2.05, 4.69) is 25.5 Å². The summed E-state index contributed by atoms with van der Waals surface area (Å²) in [4.78, 5) is 53.9. The van der Waals surface area contributed by atoms with Crippen LogP contribution in [-0.4, -0.2) is 113 Å². The molecule has 12 nitrogen and oxygen atoms in total. The van der Waals surface area contributed by atoms with E-state index in [1.807, 2.05) is 24.3 Å². The number of aromatic nitrogens is 3. The molecule has 7 rings (SSSR count). The number of benzene rings is 2. The van der Waals surface area contributed by atoms with Crippen molar-refractivity contribution in [2.75, 3.05) is 64.7 Å². The van der Waals surface area contributed by atoms with Gasteiger partial charge in [0.25, 0.3) is 5.91 Å². The first-order valence-electron chi connectivity index (χ1n) is 17.8. The number of alkyl halides is 3. The van der Waals surface area contributed by atoms with Crippen LogP contribution < -0.4 is 16.3 Å². The Hall–Kier alpha value is -4.34. The number of carbonyl (C=O) groups excluding carboxylic acids is 2. The third-order valence-corrected chi connectivity index (χ3v) is 10.9. The van der Waals surface area contributed by atoms with Gasteiger partial charge in [-0.2, -0.15) is 13.2 Å². The zero-order chi connectivity index (χ0) is 36.6. The van der Waals surface area contributed by atoms with Gasteiger partial charge in [-0.25, -0.2) is 9.59 Å². The maximum absolute atomic E-state index is 14.0. The molecule has 0 aliphatic carbocycles. The van der Waals surface area contributed by atoms with Crippen LogP contribution in [0.5, 0.6) is 0 Å². The molecule has 3 aliphatic heterocycles. The number of para-hydroxylation sites is 1. The highest BCUT2D eigenvalue weighted by Crippen LogP contribution is 2.40. The van der Waals surface area contributed by atoms with Crippen LogP contribution >= 0.6 is 11.6 Å². The van der Waals surface area contributed by atoms with Crippen molar-refractivity contribution in [3.05, 3.63) is 69.2 Å². The molecular weight excluding hydrogens is 701 g/mol. The number of hydrogen-bond donors (Lipinski definition) is 3. The average Bonchev–Trinajstić information content (AvgIpc) is 3.50. The van der Waals surface area contributed by atoms with Gasteiger partial charge in [-0.15, -0.1) is 0 Å². The summed E-state index contributed by atoms with van der Waals surface area (Å²) in [5, 5.41) is 6.56. The van der Waals surface area contributed by atoms with Gasteiger partial charge < -0.3 is 30.2 Å². The summed E-state index contributed by atoms with van der Waals surface area (Å²) < 4.78 is 49.7. The monoisotopic (exact) mass is 742 g/mol. The maximum atomic E-state index is 14.0. The Balaban J connectivity index is 1.07. The van der Waals surface area contributed by atoms with E-state index in [0.717, 1.165) is 42.9 Å². The minimum absolute atomic E-state index is 0.120. The Morgan fingerprint density at radius 1 is 1.00 bits per heavy atom. The summed E-state index contributed by atoms with van der Waals surface area (Å²) in [6.07, 6.45) is -2.48. The van der Waals surface area contributed by atoms with E-state index in [9.17, 15) is 27.6 Å². The van der Waals surface area contributed by atoms with E-state index in [1.165, 1.54) is 18.0 Å². The van der Waals surface area contributed by atoms with Crippen LogP contribution in [-0.2, 0) is 22.1 Å². The summed E-state index contributed by atoms with van der Waals surface area (Å²) in [5.41, 5.74) is 0.763. The third-order valence-electron chi connectivity index (χ3n) is 10.6. The predicted octanol–water partition coefficient (Wildman–Crippen LogP) is 4.87. The van der Waals surface area contributed by atoms with Gasteiger partial charge in [0.1, 0.15) is 0 Å². The molecule has 278 valence electrons. The molecule has 0 radical (unpaired) electrons. The van der Waals surface area contributed by atoms with Crippen molar-refractivity contribution in [3.63, 3.8) is 0 Å². The summed E-state index contributed by atoms with van der Waals surface area (Å²) >= 11 is 6.29. The number of amides is 2. The molecule has 3 N–H and O–H groups in total. The molecule has 5 heterocycles. The smallest absolute Gasteiger partial charge is 0.418 e.